The minimum Gasteiger partial charge on any atom is -0.384 e. The molecule has 7 nitrogen and oxygen atoms in total. The molecule has 1 amide bonds. The van der Waals surface area contributed by atoms with Gasteiger partial charge in [0.1, 0.15) is 5.82 Å². The first-order valence-electron chi connectivity index (χ1n) is 9.96. The molecule has 2 heterocycles. The first-order valence-corrected chi connectivity index (χ1v) is 9.96. The number of carbonyl (C=O) groups excluding carboxylic acids is 1. The first-order chi connectivity index (χ1) is 13.5. The number of methoxy groups -OCH3 is 1. The van der Waals surface area contributed by atoms with E-state index < -0.39 is 0 Å². The molecule has 0 fully saturated rings. The highest BCUT2D eigenvalue weighted by Gasteiger charge is 2.22. The molecule has 2 aromatic rings. The van der Waals surface area contributed by atoms with E-state index in [1.54, 1.807) is 7.11 Å². The fourth-order valence-corrected chi connectivity index (χ4v) is 3.86. The third-order valence-electron chi connectivity index (χ3n) is 5.13. The van der Waals surface area contributed by atoms with E-state index >= 15 is 0 Å². The van der Waals surface area contributed by atoms with Gasteiger partial charge in [0.15, 0.2) is 5.82 Å². The van der Waals surface area contributed by atoms with Crippen molar-refractivity contribution in [2.24, 2.45) is 0 Å². The first kappa shape index (κ1) is 20.5. The van der Waals surface area contributed by atoms with Gasteiger partial charge in [-0.15, -0.1) is 10.2 Å². The lowest BCUT2D eigenvalue weighted by molar-refractivity contribution is -0.122. The number of ether oxygens (including phenoxy) is 1. The quantitative estimate of drug-likeness (QED) is 0.791. The van der Waals surface area contributed by atoms with Gasteiger partial charge in [0.2, 0.25) is 5.91 Å². The van der Waals surface area contributed by atoms with Crippen molar-refractivity contribution in [3.05, 3.63) is 46.5 Å². The molecule has 0 saturated carbocycles. The van der Waals surface area contributed by atoms with Crippen LogP contribution in [0.1, 0.15) is 47.7 Å². The van der Waals surface area contributed by atoms with Crippen LogP contribution in [0.2, 0.25) is 0 Å². The summed E-state index contributed by atoms with van der Waals surface area (Å²) in [5, 5.41) is 11.7. The topological polar surface area (TPSA) is 72.3 Å². The number of carbonyl (C=O) groups is 1. The van der Waals surface area contributed by atoms with Crippen LogP contribution in [-0.4, -0.2) is 52.4 Å². The molecule has 0 bridgehead atoms. The molecule has 0 radical (unpaired) electrons. The number of aromatic nitrogens is 3. The lowest BCUT2D eigenvalue weighted by atomic mass is 10.1. The summed E-state index contributed by atoms with van der Waals surface area (Å²) >= 11 is 0. The Bertz CT molecular complexity index is 797. The largest absolute Gasteiger partial charge is 0.384 e. The highest BCUT2D eigenvalue weighted by Crippen LogP contribution is 2.18. The maximum absolute atomic E-state index is 12.0. The number of benzene rings is 1. The molecule has 0 saturated heterocycles. The van der Waals surface area contributed by atoms with E-state index in [9.17, 15) is 4.79 Å². The zero-order valence-electron chi connectivity index (χ0n) is 17.4. The molecule has 7 heteroatoms. The van der Waals surface area contributed by atoms with Gasteiger partial charge in [-0.05, 0) is 26.3 Å². The lowest BCUT2D eigenvalue weighted by Crippen LogP contribution is -2.30. The molecule has 0 aliphatic carbocycles. The number of aryl methyl sites for hydroxylation is 2. The van der Waals surface area contributed by atoms with E-state index in [-0.39, 0.29) is 11.9 Å². The third-order valence-corrected chi connectivity index (χ3v) is 5.13. The molecular weight excluding hydrogens is 354 g/mol. The van der Waals surface area contributed by atoms with Gasteiger partial charge in [0.25, 0.3) is 0 Å². The summed E-state index contributed by atoms with van der Waals surface area (Å²) in [6, 6.07) is 6.57. The molecule has 1 N–H and O–H groups in total. The minimum absolute atomic E-state index is 0.0308. The summed E-state index contributed by atoms with van der Waals surface area (Å²) in [5.74, 6) is 1.79. The second-order valence-corrected chi connectivity index (χ2v) is 7.68. The Hall–Kier alpha value is -2.25. The van der Waals surface area contributed by atoms with E-state index in [4.69, 9.17) is 4.74 Å². The van der Waals surface area contributed by atoms with Gasteiger partial charge in [0, 0.05) is 46.1 Å². The van der Waals surface area contributed by atoms with Crippen molar-refractivity contribution in [3.8, 4) is 0 Å². The Morgan fingerprint density at radius 2 is 1.93 bits per heavy atom. The van der Waals surface area contributed by atoms with Crippen molar-refractivity contribution in [2.45, 2.75) is 52.7 Å². The highest BCUT2D eigenvalue weighted by atomic mass is 16.5. The van der Waals surface area contributed by atoms with E-state index in [1.165, 1.54) is 16.7 Å². The van der Waals surface area contributed by atoms with Crippen LogP contribution in [0.15, 0.2) is 18.2 Å². The van der Waals surface area contributed by atoms with Crippen LogP contribution in [0.3, 0.4) is 0 Å². The Kier molecular flexibility index (Phi) is 6.80. The summed E-state index contributed by atoms with van der Waals surface area (Å²) in [6.45, 7) is 10.4. The number of rotatable bonds is 7. The average molecular weight is 386 g/mol. The van der Waals surface area contributed by atoms with Crippen LogP contribution >= 0.6 is 0 Å². The van der Waals surface area contributed by atoms with Crippen molar-refractivity contribution < 1.29 is 9.53 Å². The predicted molar refractivity (Wildman–Crippen MR) is 108 cm³/mol. The van der Waals surface area contributed by atoms with Crippen molar-refractivity contribution in [3.63, 3.8) is 0 Å². The summed E-state index contributed by atoms with van der Waals surface area (Å²) in [5.41, 5.74) is 3.97. The molecule has 28 heavy (non-hydrogen) atoms. The number of hydrogen-bond acceptors (Lipinski definition) is 5. The number of nitrogens with one attached hydrogen (secondary N) is 1. The Morgan fingerprint density at radius 3 is 2.64 bits per heavy atom. The number of hydrogen-bond donors (Lipinski definition) is 1. The van der Waals surface area contributed by atoms with E-state index in [1.807, 2.05) is 6.92 Å². The maximum Gasteiger partial charge on any atom is 0.222 e. The Labute approximate surface area is 167 Å². The Balaban J connectivity index is 1.63. The van der Waals surface area contributed by atoms with E-state index in [0.29, 0.717) is 13.0 Å². The molecule has 1 aromatic carbocycles. The van der Waals surface area contributed by atoms with Crippen LogP contribution in [0.25, 0.3) is 0 Å². The highest BCUT2D eigenvalue weighted by molar-refractivity contribution is 5.76. The van der Waals surface area contributed by atoms with Gasteiger partial charge in [-0.1, -0.05) is 29.3 Å². The SMILES string of the molecule is COCCC(=O)N[C@H](C)c1nnc2n1CCN(Cc1cc(C)cc(C)c1)CC2. The van der Waals surface area contributed by atoms with E-state index in [2.05, 4.69) is 57.0 Å². The van der Waals surface area contributed by atoms with Crippen LogP contribution in [0.5, 0.6) is 0 Å². The maximum atomic E-state index is 12.0. The standard InChI is InChI=1S/C21H31N5O2/c1-15-11-16(2)13-18(12-15)14-25-7-5-19-23-24-21(26(19)9-8-25)17(3)22-20(27)6-10-28-4/h11-13,17H,5-10,14H2,1-4H3,(H,22,27)/t17-/m1/s1. The summed E-state index contributed by atoms with van der Waals surface area (Å²) < 4.78 is 7.14. The smallest absolute Gasteiger partial charge is 0.222 e. The van der Waals surface area contributed by atoms with Crippen LogP contribution in [0.4, 0.5) is 0 Å². The number of amides is 1. The minimum atomic E-state index is -0.170. The molecule has 1 aromatic heterocycles. The van der Waals surface area contributed by atoms with E-state index in [0.717, 1.165) is 44.2 Å². The molecule has 152 valence electrons. The van der Waals surface area contributed by atoms with Crippen molar-refractivity contribution in [2.75, 3.05) is 26.8 Å². The predicted octanol–water partition coefficient (Wildman–Crippen LogP) is 2.17. The molecule has 1 aliphatic rings. The van der Waals surface area contributed by atoms with Crippen molar-refractivity contribution in [1.29, 1.82) is 0 Å². The summed E-state index contributed by atoms with van der Waals surface area (Å²) in [7, 11) is 1.60. The average Bonchev–Trinajstić information content (AvgIpc) is 2.94. The van der Waals surface area contributed by atoms with Gasteiger partial charge in [-0.3, -0.25) is 9.69 Å². The summed E-state index contributed by atoms with van der Waals surface area (Å²) in [6.07, 6.45) is 1.22. The summed E-state index contributed by atoms with van der Waals surface area (Å²) in [4.78, 5) is 14.5. The molecule has 3 rings (SSSR count). The zero-order chi connectivity index (χ0) is 20.1. The second-order valence-electron chi connectivity index (χ2n) is 7.68. The van der Waals surface area contributed by atoms with Gasteiger partial charge in [0.05, 0.1) is 12.6 Å². The Morgan fingerprint density at radius 1 is 1.18 bits per heavy atom. The van der Waals surface area contributed by atoms with Crippen molar-refractivity contribution >= 4 is 5.91 Å². The molecular formula is C21H31N5O2. The molecule has 1 aliphatic heterocycles. The lowest BCUT2D eigenvalue weighted by Gasteiger charge is -2.20. The number of fused-ring (bicyclic) bond motifs is 1. The zero-order valence-corrected chi connectivity index (χ0v) is 17.4. The van der Waals surface area contributed by atoms with Gasteiger partial charge < -0.3 is 14.6 Å². The van der Waals surface area contributed by atoms with Crippen LogP contribution in [0, 0.1) is 13.8 Å². The monoisotopic (exact) mass is 385 g/mol. The van der Waals surface area contributed by atoms with Crippen LogP contribution < -0.4 is 5.32 Å². The fraction of sp³-hybridized carbons (Fsp3) is 0.571. The van der Waals surface area contributed by atoms with Crippen molar-refractivity contribution in [1.82, 2.24) is 25.0 Å². The van der Waals surface area contributed by atoms with Gasteiger partial charge in [-0.2, -0.15) is 0 Å². The third kappa shape index (κ3) is 5.17. The second kappa shape index (κ2) is 9.30. The molecule has 0 spiro atoms. The molecule has 0 unspecified atom stereocenters. The number of nitrogens with zero attached hydrogens (tertiary/aromatic N) is 4. The van der Waals surface area contributed by atoms with Gasteiger partial charge >= 0.3 is 0 Å². The van der Waals surface area contributed by atoms with Crippen LogP contribution in [-0.2, 0) is 29.0 Å². The normalized spacial score (nSPS) is 15.7. The fourth-order valence-electron chi connectivity index (χ4n) is 3.86. The molecule has 1 atom stereocenters. The van der Waals surface area contributed by atoms with Gasteiger partial charge in [-0.25, -0.2) is 0 Å².